The minimum atomic E-state index is -0.0247. The third-order valence-corrected chi connectivity index (χ3v) is 3.71. The predicted octanol–water partition coefficient (Wildman–Crippen LogP) is 1.43. The lowest BCUT2D eigenvalue weighted by Crippen LogP contribution is -2.42. The van der Waals surface area contributed by atoms with Gasteiger partial charge in [-0.3, -0.25) is 4.79 Å². The number of nitrogens with zero attached hydrogens (tertiary/aromatic N) is 1. The molecule has 1 aliphatic rings. The van der Waals surface area contributed by atoms with Crippen molar-refractivity contribution in [2.24, 2.45) is 0 Å². The van der Waals surface area contributed by atoms with Crippen LogP contribution in [-0.2, 0) is 11.3 Å². The monoisotopic (exact) mass is 261 g/mol. The normalized spacial score (nSPS) is 18.7. The van der Waals surface area contributed by atoms with Gasteiger partial charge in [0.05, 0.1) is 0 Å². The largest absolute Gasteiger partial charge is 0.359 e. The lowest BCUT2D eigenvalue weighted by molar-refractivity contribution is -0.121. The van der Waals surface area contributed by atoms with Gasteiger partial charge in [-0.15, -0.1) is 0 Å². The van der Waals surface area contributed by atoms with Gasteiger partial charge in [0.15, 0.2) is 0 Å². The van der Waals surface area contributed by atoms with E-state index in [0.29, 0.717) is 0 Å². The molecule has 0 bridgehead atoms. The second-order valence-electron chi connectivity index (χ2n) is 5.13. The van der Waals surface area contributed by atoms with Crippen LogP contribution in [0.5, 0.6) is 0 Å². The number of hydrogen-bond acceptors (Lipinski definition) is 3. The quantitative estimate of drug-likeness (QED) is 0.862. The molecule has 1 aromatic carbocycles. The lowest BCUT2D eigenvalue weighted by Gasteiger charge is -2.28. The van der Waals surface area contributed by atoms with E-state index in [2.05, 4.69) is 40.7 Å². The smallest absolute Gasteiger partial charge is 0.242 e. The third kappa shape index (κ3) is 2.89. The standard InChI is InChI=1S/C15H23N3O/c1-11-6-7-13(12(9-11)10-16-2)18-8-4-5-14(18)15(19)17-3/h6-7,9,14,16H,4-5,8,10H2,1-3H3,(H,17,19). The second-order valence-corrected chi connectivity index (χ2v) is 5.13. The number of rotatable bonds is 4. The molecule has 1 amide bonds. The Morgan fingerprint density at radius 2 is 2.21 bits per heavy atom. The van der Waals surface area contributed by atoms with Crippen LogP contribution in [0.15, 0.2) is 18.2 Å². The van der Waals surface area contributed by atoms with Gasteiger partial charge in [0.1, 0.15) is 6.04 Å². The fraction of sp³-hybridized carbons (Fsp3) is 0.533. The molecule has 0 saturated carbocycles. The van der Waals surface area contributed by atoms with Gasteiger partial charge >= 0.3 is 0 Å². The molecule has 0 aliphatic carbocycles. The first-order chi connectivity index (χ1) is 9.17. The lowest BCUT2D eigenvalue weighted by atomic mass is 10.1. The predicted molar refractivity (Wildman–Crippen MR) is 78.4 cm³/mol. The third-order valence-electron chi connectivity index (χ3n) is 3.71. The molecular formula is C15H23N3O. The average molecular weight is 261 g/mol. The van der Waals surface area contributed by atoms with Gasteiger partial charge in [0.25, 0.3) is 0 Å². The molecule has 0 spiro atoms. The van der Waals surface area contributed by atoms with Gasteiger partial charge in [-0.1, -0.05) is 17.7 Å². The number of likely N-dealkylation sites (N-methyl/N-ethyl adjacent to an activating group) is 1. The van der Waals surface area contributed by atoms with E-state index in [-0.39, 0.29) is 11.9 Å². The van der Waals surface area contributed by atoms with E-state index in [1.165, 1.54) is 16.8 Å². The highest BCUT2D eigenvalue weighted by Gasteiger charge is 2.31. The van der Waals surface area contributed by atoms with Crippen LogP contribution < -0.4 is 15.5 Å². The van der Waals surface area contributed by atoms with E-state index in [4.69, 9.17) is 0 Å². The summed E-state index contributed by atoms with van der Waals surface area (Å²) in [4.78, 5) is 14.2. The van der Waals surface area contributed by atoms with Crippen molar-refractivity contribution in [1.82, 2.24) is 10.6 Å². The molecule has 104 valence electrons. The molecule has 1 unspecified atom stereocenters. The Hall–Kier alpha value is -1.55. The Balaban J connectivity index is 2.32. The van der Waals surface area contributed by atoms with Crippen molar-refractivity contribution in [3.63, 3.8) is 0 Å². The van der Waals surface area contributed by atoms with Crippen molar-refractivity contribution in [1.29, 1.82) is 0 Å². The fourth-order valence-electron chi connectivity index (χ4n) is 2.82. The first kappa shape index (κ1) is 13.9. The highest BCUT2D eigenvalue weighted by atomic mass is 16.2. The summed E-state index contributed by atoms with van der Waals surface area (Å²) in [6.07, 6.45) is 2.01. The van der Waals surface area contributed by atoms with Gasteiger partial charge in [-0.05, 0) is 38.4 Å². The molecular weight excluding hydrogens is 238 g/mol. The van der Waals surface area contributed by atoms with E-state index in [1.807, 2.05) is 7.05 Å². The molecule has 4 nitrogen and oxygen atoms in total. The highest BCUT2D eigenvalue weighted by Crippen LogP contribution is 2.29. The summed E-state index contributed by atoms with van der Waals surface area (Å²) in [7, 11) is 3.66. The fourth-order valence-corrected chi connectivity index (χ4v) is 2.82. The van der Waals surface area contributed by atoms with Crippen molar-refractivity contribution >= 4 is 11.6 Å². The van der Waals surface area contributed by atoms with E-state index in [1.54, 1.807) is 7.05 Å². The summed E-state index contributed by atoms with van der Waals surface area (Å²) in [6, 6.07) is 6.44. The van der Waals surface area contributed by atoms with Crippen LogP contribution in [0.4, 0.5) is 5.69 Å². The van der Waals surface area contributed by atoms with Crippen molar-refractivity contribution in [2.45, 2.75) is 32.4 Å². The van der Waals surface area contributed by atoms with E-state index < -0.39 is 0 Å². The Kier molecular flexibility index (Phi) is 4.43. The van der Waals surface area contributed by atoms with Gasteiger partial charge in [0, 0.05) is 25.8 Å². The van der Waals surface area contributed by atoms with Gasteiger partial charge in [-0.25, -0.2) is 0 Å². The van der Waals surface area contributed by atoms with Crippen LogP contribution in [0.25, 0.3) is 0 Å². The van der Waals surface area contributed by atoms with Crippen molar-refractivity contribution in [2.75, 3.05) is 25.5 Å². The first-order valence-electron chi connectivity index (χ1n) is 6.89. The SMILES string of the molecule is CNCc1cc(C)ccc1N1CCCC1C(=O)NC. The Bertz CT molecular complexity index is 459. The Morgan fingerprint density at radius 1 is 1.42 bits per heavy atom. The molecule has 4 heteroatoms. The summed E-state index contributed by atoms with van der Waals surface area (Å²) in [5, 5.41) is 5.98. The van der Waals surface area contributed by atoms with Crippen molar-refractivity contribution in [3.05, 3.63) is 29.3 Å². The molecule has 0 radical (unpaired) electrons. The van der Waals surface area contributed by atoms with Crippen LogP contribution in [0.1, 0.15) is 24.0 Å². The van der Waals surface area contributed by atoms with E-state index in [0.717, 1.165) is 25.9 Å². The molecule has 1 saturated heterocycles. The molecule has 2 N–H and O–H groups in total. The van der Waals surface area contributed by atoms with Crippen LogP contribution in [-0.4, -0.2) is 32.6 Å². The van der Waals surface area contributed by atoms with E-state index >= 15 is 0 Å². The van der Waals surface area contributed by atoms with Crippen LogP contribution >= 0.6 is 0 Å². The number of carbonyl (C=O) groups excluding carboxylic acids is 1. The topological polar surface area (TPSA) is 44.4 Å². The van der Waals surface area contributed by atoms with Gasteiger partial charge in [-0.2, -0.15) is 0 Å². The number of anilines is 1. The zero-order chi connectivity index (χ0) is 13.8. The molecule has 1 atom stereocenters. The zero-order valence-electron chi connectivity index (χ0n) is 12.0. The maximum Gasteiger partial charge on any atom is 0.242 e. The molecule has 2 rings (SSSR count). The van der Waals surface area contributed by atoms with Gasteiger partial charge < -0.3 is 15.5 Å². The molecule has 1 heterocycles. The number of carbonyl (C=O) groups is 1. The molecule has 0 aromatic heterocycles. The van der Waals surface area contributed by atoms with Crippen LogP contribution in [0.2, 0.25) is 0 Å². The molecule has 19 heavy (non-hydrogen) atoms. The average Bonchev–Trinajstić information content (AvgIpc) is 2.87. The van der Waals surface area contributed by atoms with Crippen molar-refractivity contribution < 1.29 is 4.79 Å². The van der Waals surface area contributed by atoms with Crippen LogP contribution in [0, 0.1) is 6.92 Å². The molecule has 1 aliphatic heterocycles. The zero-order valence-corrected chi connectivity index (χ0v) is 12.0. The second kappa shape index (κ2) is 6.06. The maximum atomic E-state index is 12.0. The Labute approximate surface area is 115 Å². The molecule has 1 aromatic rings. The summed E-state index contributed by atoms with van der Waals surface area (Å²) in [6.45, 7) is 3.88. The first-order valence-corrected chi connectivity index (χ1v) is 6.89. The summed E-state index contributed by atoms with van der Waals surface area (Å²) >= 11 is 0. The minimum absolute atomic E-state index is 0.0247. The number of nitrogens with one attached hydrogen (secondary N) is 2. The Morgan fingerprint density at radius 3 is 2.89 bits per heavy atom. The number of benzene rings is 1. The maximum absolute atomic E-state index is 12.0. The summed E-state index contributed by atoms with van der Waals surface area (Å²) in [5.74, 6) is 0.119. The van der Waals surface area contributed by atoms with Crippen LogP contribution in [0.3, 0.4) is 0 Å². The van der Waals surface area contributed by atoms with E-state index in [9.17, 15) is 4.79 Å². The number of aryl methyl sites for hydroxylation is 1. The highest BCUT2D eigenvalue weighted by molar-refractivity contribution is 5.86. The summed E-state index contributed by atoms with van der Waals surface area (Å²) in [5.41, 5.74) is 3.70. The summed E-state index contributed by atoms with van der Waals surface area (Å²) < 4.78 is 0. The number of amides is 1. The number of hydrogen-bond donors (Lipinski definition) is 2. The molecule has 1 fully saturated rings. The van der Waals surface area contributed by atoms with Crippen molar-refractivity contribution in [3.8, 4) is 0 Å². The minimum Gasteiger partial charge on any atom is -0.359 e. The van der Waals surface area contributed by atoms with Gasteiger partial charge in [0.2, 0.25) is 5.91 Å².